The maximum atomic E-state index is 12.6. The maximum Gasteiger partial charge on any atom is 0.321 e. The lowest BCUT2D eigenvalue weighted by atomic mass is 10.1. The first-order valence-corrected chi connectivity index (χ1v) is 13.4. The molecule has 200 valence electrons. The number of carbonyl (C=O) groups is 1. The molecule has 2 amide bonds. The average Bonchev–Trinajstić information content (AvgIpc) is 3.39. The molecule has 9 heteroatoms. The second-order valence-electron chi connectivity index (χ2n) is 9.10. The van der Waals surface area contributed by atoms with E-state index in [9.17, 15) is 4.79 Å². The molecule has 0 aliphatic carbocycles. The number of unbranched alkanes of at least 4 members (excludes halogenated alkanes) is 4. The Kier molecular flexibility index (Phi) is 11.5. The zero-order chi connectivity index (χ0) is 26.5. The van der Waals surface area contributed by atoms with Crippen molar-refractivity contribution < 1.29 is 13.9 Å². The minimum atomic E-state index is -0.348. The maximum absolute atomic E-state index is 12.6. The number of carbonyl (C=O) groups excluding carboxylic acids is 1. The Morgan fingerprint density at radius 2 is 1.84 bits per heavy atom. The lowest BCUT2D eigenvalue weighted by molar-refractivity contribution is 0.0421. The minimum absolute atomic E-state index is 0.117. The molecule has 9 nitrogen and oxygen atoms in total. The molecule has 0 saturated heterocycles. The molecule has 1 atom stereocenters. The fourth-order valence-electron chi connectivity index (χ4n) is 3.97. The number of nitrogens with one attached hydrogen (secondary N) is 1. The normalized spacial score (nSPS) is 11.9. The first-order chi connectivity index (χ1) is 18.0. The Morgan fingerprint density at radius 3 is 2.57 bits per heavy atom. The molecule has 3 rings (SSSR count). The number of nitrogens with zero attached hydrogens (tertiary/aromatic N) is 5. The van der Waals surface area contributed by atoms with E-state index in [0.717, 1.165) is 42.5 Å². The van der Waals surface area contributed by atoms with Gasteiger partial charge in [-0.15, -0.1) is 10.2 Å². The molecule has 0 saturated carbocycles. The first kappa shape index (κ1) is 28.2. The van der Waals surface area contributed by atoms with Crippen molar-refractivity contribution in [2.75, 3.05) is 25.1 Å². The molecule has 1 N–H and O–H groups in total. The van der Waals surface area contributed by atoms with Gasteiger partial charge in [0.05, 0.1) is 0 Å². The molecule has 0 radical (unpaired) electrons. The van der Waals surface area contributed by atoms with E-state index in [1.165, 1.54) is 19.3 Å². The van der Waals surface area contributed by atoms with Crippen molar-refractivity contribution in [1.29, 1.82) is 0 Å². The molecule has 2 heterocycles. The second kappa shape index (κ2) is 15.0. The van der Waals surface area contributed by atoms with E-state index in [-0.39, 0.29) is 12.1 Å². The smallest absolute Gasteiger partial charge is 0.321 e. The van der Waals surface area contributed by atoms with Crippen LogP contribution in [0, 0.1) is 0 Å². The number of hydrogen-bond acceptors (Lipinski definition) is 7. The van der Waals surface area contributed by atoms with Crippen molar-refractivity contribution in [3.63, 3.8) is 0 Å². The third kappa shape index (κ3) is 8.63. The van der Waals surface area contributed by atoms with Gasteiger partial charge in [-0.25, -0.2) is 14.8 Å². The van der Waals surface area contributed by atoms with E-state index in [4.69, 9.17) is 9.15 Å². The summed E-state index contributed by atoms with van der Waals surface area (Å²) < 4.78 is 11.6. The lowest BCUT2D eigenvalue weighted by Crippen LogP contribution is -2.37. The van der Waals surface area contributed by atoms with Crippen LogP contribution in [0.3, 0.4) is 0 Å². The molecule has 3 aromatic rings. The van der Waals surface area contributed by atoms with Crippen molar-refractivity contribution in [1.82, 2.24) is 25.5 Å². The van der Waals surface area contributed by atoms with E-state index < -0.39 is 0 Å². The third-order valence-electron chi connectivity index (χ3n) is 6.07. The summed E-state index contributed by atoms with van der Waals surface area (Å²) in [5.41, 5.74) is 2.53. The van der Waals surface area contributed by atoms with Gasteiger partial charge in [-0.3, -0.25) is 4.90 Å². The summed E-state index contributed by atoms with van der Waals surface area (Å²) >= 11 is 0. The Balaban J connectivity index is 1.61. The van der Waals surface area contributed by atoms with Crippen LogP contribution in [-0.4, -0.2) is 46.4 Å². The summed E-state index contributed by atoms with van der Waals surface area (Å²) in [7, 11) is 1.77. The van der Waals surface area contributed by atoms with E-state index in [0.29, 0.717) is 37.2 Å². The molecule has 37 heavy (non-hydrogen) atoms. The molecule has 1 unspecified atom stereocenters. The minimum Gasteiger partial charge on any atom is -0.422 e. The third-order valence-corrected chi connectivity index (χ3v) is 6.07. The van der Waals surface area contributed by atoms with Crippen LogP contribution in [-0.2, 0) is 17.6 Å². The quantitative estimate of drug-likeness (QED) is 0.254. The summed E-state index contributed by atoms with van der Waals surface area (Å²) in [6.45, 7) is 7.42. The SMILES string of the molecule is CCCCCCCNC(=O)N(C)c1cccc(-c2ncc(CC(OCC)c3nnc(CCC)o3)cn2)c1. The topological polar surface area (TPSA) is 106 Å². The van der Waals surface area contributed by atoms with Gasteiger partial charge in [0, 0.05) is 56.7 Å². The molecule has 0 bridgehead atoms. The van der Waals surface area contributed by atoms with Gasteiger partial charge in [0.2, 0.25) is 11.8 Å². The van der Waals surface area contributed by atoms with Gasteiger partial charge in [-0.05, 0) is 37.5 Å². The van der Waals surface area contributed by atoms with Crippen molar-refractivity contribution in [2.24, 2.45) is 0 Å². The monoisotopic (exact) mass is 508 g/mol. The van der Waals surface area contributed by atoms with Crippen molar-refractivity contribution in [2.45, 2.75) is 78.2 Å². The van der Waals surface area contributed by atoms with Gasteiger partial charge in [0.25, 0.3) is 0 Å². The fourth-order valence-corrected chi connectivity index (χ4v) is 3.97. The van der Waals surface area contributed by atoms with Gasteiger partial charge >= 0.3 is 6.03 Å². The summed E-state index contributed by atoms with van der Waals surface area (Å²) in [6.07, 6.45) is 11.3. The predicted molar refractivity (Wildman–Crippen MR) is 144 cm³/mol. The van der Waals surface area contributed by atoms with E-state index in [1.54, 1.807) is 24.3 Å². The number of urea groups is 1. The average molecular weight is 509 g/mol. The molecule has 0 aliphatic rings. The van der Waals surface area contributed by atoms with Crippen LogP contribution in [0.15, 0.2) is 41.1 Å². The summed E-state index contributed by atoms with van der Waals surface area (Å²) in [6, 6.07) is 7.56. The van der Waals surface area contributed by atoms with Crippen LogP contribution in [0.4, 0.5) is 10.5 Å². The lowest BCUT2D eigenvalue weighted by Gasteiger charge is -2.19. The summed E-state index contributed by atoms with van der Waals surface area (Å²) in [5, 5.41) is 11.3. The molecular formula is C28H40N6O3. The highest BCUT2D eigenvalue weighted by Gasteiger charge is 2.20. The fraction of sp³-hybridized carbons (Fsp3) is 0.536. The summed E-state index contributed by atoms with van der Waals surface area (Å²) in [5.74, 6) is 1.69. The highest BCUT2D eigenvalue weighted by molar-refractivity contribution is 5.92. The van der Waals surface area contributed by atoms with Crippen LogP contribution in [0.25, 0.3) is 11.4 Å². The number of aromatic nitrogens is 4. The van der Waals surface area contributed by atoms with E-state index >= 15 is 0 Å². The Bertz CT molecular complexity index is 1090. The van der Waals surface area contributed by atoms with Gasteiger partial charge in [0.1, 0.15) is 6.10 Å². The van der Waals surface area contributed by atoms with Crippen molar-refractivity contribution >= 4 is 11.7 Å². The Hall–Kier alpha value is -3.33. The first-order valence-electron chi connectivity index (χ1n) is 13.4. The van der Waals surface area contributed by atoms with Gasteiger partial charge in [-0.2, -0.15) is 0 Å². The Labute approximate surface area is 220 Å². The number of amides is 2. The van der Waals surface area contributed by atoms with Crippen LogP contribution in [0.5, 0.6) is 0 Å². The molecular weight excluding hydrogens is 468 g/mol. The molecule has 1 aromatic carbocycles. The largest absolute Gasteiger partial charge is 0.422 e. The number of rotatable bonds is 15. The number of benzene rings is 1. The Morgan fingerprint density at radius 1 is 1.05 bits per heavy atom. The second-order valence-corrected chi connectivity index (χ2v) is 9.10. The molecule has 0 aliphatic heterocycles. The zero-order valence-corrected chi connectivity index (χ0v) is 22.6. The highest BCUT2D eigenvalue weighted by atomic mass is 16.5. The van der Waals surface area contributed by atoms with Crippen LogP contribution in [0.1, 0.15) is 82.7 Å². The molecule has 0 spiro atoms. The van der Waals surface area contributed by atoms with Gasteiger partial charge in [-0.1, -0.05) is 51.7 Å². The zero-order valence-electron chi connectivity index (χ0n) is 22.6. The van der Waals surface area contributed by atoms with Crippen molar-refractivity contribution in [3.05, 3.63) is 54.0 Å². The molecule has 2 aromatic heterocycles. The van der Waals surface area contributed by atoms with Crippen LogP contribution in [0.2, 0.25) is 0 Å². The van der Waals surface area contributed by atoms with E-state index in [2.05, 4.69) is 39.3 Å². The van der Waals surface area contributed by atoms with Crippen LogP contribution >= 0.6 is 0 Å². The standard InChI is InChI=1S/C28H40N6O3/c1-5-8-9-10-11-16-29-28(35)34(4)23-15-12-14-22(18-23)26-30-19-21(20-31-26)17-24(36-7-3)27-33-32-25(37-27)13-6-2/h12,14-15,18-20,24H,5-11,13,16-17H2,1-4H3,(H,29,35). The van der Waals surface area contributed by atoms with E-state index in [1.807, 2.05) is 31.2 Å². The number of hydrogen-bond donors (Lipinski definition) is 1. The van der Waals surface area contributed by atoms with Crippen molar-refractivity contribution in [3.8, 4) is 11.4 Å². The van der Waals surface area contributed by atoms with Gasteiger partial charge < -0.3 is 14.5 Å². The van der Waals surface area contributed by atoms with Gasteiger partial charge in [0.15, 0.2) is 5.82 Å². The summed E-state index contributed by atoms with van der Waals surface area (Å²) in [4.78, 5) is 23.3. The van der Waals surface area contributed by atoms with Crippen LogP contribution < -0.4 is 10.2 Å². The number of ether oxygens (including phenoxy) is 1. The number of anilines is 1. The molecule has 0 fully saturated rings. The highest BCUT2D eigenvalue weighted by Crippen LogP contribution is 2.24. The number of aryl methyl sites for hydroxylation is 1. The predicted octanol–water partition coefficient (Wildman–Crippen LogP) is 5.92.